The van der Waals surface area contributed by atoms with Crippen molar-refractivity contribution in [2.24, 2.45) is 11.8 Å². The Hall–Kier alpha value is -0.520. The number of allylic oxidation sites excluding steroid dienone is 4. The lowest BCUT2D eigenvalue weighted by Crippen LogP contribution is -2.11. The normalized spacial score (nSPS) is 38.7. The Morgan fingerprint density at radius 2 is 2.00 bits per heavy atom. The van der Waals surface area contributed by atoms with Gasteiger partial charge in [0.05, 0.1) is 0 Å². The summed E-state index contributed by atoms with van der Waals surface area (Å²) in [4.78, 5) is 0. The molecule has 0 heteroatoms. The van der Waals surface area contributed by atoms with Gasteiger partial charge in [0.15, 0.2) is 0 Å². The average molecular weight is 160 g/mol. The molecule has 12 heavy (non-hydrogen) atoms. The summed E-state index contributed by atoms with van der Waals surface area (Å²) in [6.45, 7) is 0. The van der Waals surface area contributed by atoms with Crippen molar-refractivity contribution < 1.29 is 0 Å². The van der Waals surface area contributed by atoms with E-state index in [9.17, 15) is 0 Å². The van der Waals surface area contributed by atoms with Crippen molar-refractivity contribution in [1.82, 2.24) is 0 Å². The molecule has 0 aromatic rings. The van der Waals surface area contributed by atoms with E-state index in [2.05, 4.69) is 12.2 Å². The molecule has 1 saturated carbocycles. The summed E-state index contributed by atoms with van der Waals surface area (Å²) in [5, 5.41) is 0. The van der Waals surface area contributed by atoms with Crippen LogP contribution in [0.25, 0.3) is 0 Å². The maximum absolute atomic E-state index is 2.52. The van der Waals surface area contributed by atoms with Crippen LogP contribution < -0.4 is 0 Å². The first-order valence-corrected chi connectivity index (χ1v) is 5.36. The zero-order valence-electron chi connectivity index (χ0n) is 7.55. The van der Waals surface area contributed by atoms with Crippen molar-refractivity contribution in [2.45, 2.75) is 38.5 Å². The monoisotopic (exact) mass is 160 g/mol. The van der Waals surface area contributed by atoms with E-state index in [0.29, 0.717) is 0 Å². The van der Waals surface area contributed by atoms with Gasteiger partial charge in [-0.05, 0) is 55.9 Å². The number of rotatable bonds is 0. The lowest BCUT2D eigenvalue weighted by atomic mass is 9.82. The first kappa shape index (κ1) is 6.94. The zero-order valence-corrected chi connectivity index (χ0v) is 7.55. The highest BCUT2D eigenvalue weighted by Gasteiger charge is 2.36. The van der Waals surface area contributed by atoms with Crippen molar-refractivity contribution in [1.29, 1.82) is 0 Å². The highest BCUT2D eigenvalue weighted by Crippen LogP contribution is 2.49. The van der Waals surface area contributed by atoms with Crippen LogP contribution in [0.2, 0.25) is 0 Å². The second kappa shape index (κ2) is 2.48. The van der Waals surface area contributed by atoms with Crippen LogP contribution in [0.4, 0.5) is 0 Å². The second-order valence-electron chi connectivity index (χ2n) is 4.46. The lowest BCUT2D eigenvalue weighted by Gasteiger charge is -2.22. The van der Waals surface area contributed by atoms with E-state index in [4.69, 9.17) is 0 Å². The van der Waals surface area contributed by atoms with E-state index in [0.717, 1.165) is 11.8 Å². The highest BCUT2D eigenvalue weighted by molar-refractivity contribution is 5.38. The van der Waals surface area contributed by atoms with Crippen LogP contribution in [0.1, 0.15) is 38.5 Å². The largest absolute Gasteiger partial charge is 0.0810 e. The molecule has 0 saturated heterocycles. The quantitative estimate of drug-likeness (QED) is 0.509. The molecule has 3 rings (SSSR count). The van der Waals surface area contributed by atoms with Gasteiger partial charge in [-0.2, -0.15) is 0 Å². The molecule has 0 spiro atoms. The summed E-state index contributed by atoms with van der Waals surface area (Å²) >= 11 is 0. The molecule has 0 aromatic heterocycles. The first-order chi connectivity index (χ1) is 5.95. The molecule has 0 heterocycles. The Labute approximate surface area is 74.4 Å². The third kappa shape index (κ3) is 0.840. The van der Waals surface area contributed by atoms with Gasteiger partial charge in [-0.3, -0.25) is 0 Å². The van der Waals surface area contributed by atoms with E-state index in [1.807, 2.05) is 0 Å². The van der Waals surface area contributed by atoms with Gasteiger partial charge in [0.1, 0.15) is 0 Å². The summed E-state index contributed by atoms with van der Waals surface area (Å²) in [7, 11) is 0. The van der Waals surface area contributed by atoms with Crippen LogP contribution in [0.3, 0.4) is 0 Å². The van der Waals surface area contributed by atoms with Gasteiger partial charge in [0, 0.05) is 0 Å². The van der Waals surface area contributed by atoms with Crippen LogP contribution in [-0.4, -0.2) is 0 Å². The standard InChI is InChI=1S/C12H16/c1-2-6-11-9(4-1)8-10-5-3-7-12(10)11/h4,8,11-12H,1-3,5-7H2. The molecular weight excluding hydrogens is 144 g/mol. The summed E-state index contributed by atoms with van der Waals surface area (Å²) in [6, 6.07) is 0. The van der Waals surface area contributed by atoms with Crippen molar-refractivity contribution in [3.8, 4) is 0 Å². The van der Waals surface area contributed by atoms with Crippen molar-refractivity contribution in [2.75, 3.05) is 0 Å². The van der Waals surface area contributed by atoms with Crippen LogP contribution in [0, 0.1) is 11.8 Å². The molecule has 0 aliphatic heterocycles. The van der Waals surface area contributed by atoms with E-state index >= 15 is 0 Å². The molecule has 3 aliphatic rings. The van der Waals surface area contributed by atoms with Gasteiger partial charge in [-0.25, -0.2) is 0 Å². The predicted molar refractivity (Wildman–Crippen MR) is 50.8 cm³/mol. The van der Waals surface area contributed by atoms with Crippen LogP contribution in [-0.2, 0) is 0 Å². The number of fused-ring (bicyclic) bond motifs is 3. The molecule has 0 radical (unpaired) electrons. The topological polar surface area (TPSA) is 0 Å². The number of hydrogen-bond donors (Lipinski definition) is 0. The predicted octanol–water partition coefficient (Wildman–Crippen LogP) is 3.45. The molecule has 0 bridgehead atoms. The van der Waals surface area contributed by atoms with Crippen LogP contribution in [0.15, 0.2) is 23.3 Å². The zero-order chi connectivity index (χ0) is 7.97. The third-order valence-corrected chi connectivity index (χ3v) is 3.82. The highest BCUT2D eigenvalue weighted by atomic mass is 14.4. The third-order valence-electron chi connectivity index (χ3n) is 3.82. The Bertz CT molecular complexity index is 257. The molecular formula is C12H16. The van der Waals surface area contributed by atoms with Crippen molar-refractivity contribution in [3.63, 3.8) is 0 Å². The minimum Gasteiger partial charge on any atom is -0.0810 e. The second-order valence-corrected chi connectivity index (χ2v) is 4.46. The van der Waals surface area contributed by atoms with Gasteiger partial charge >= 0.3 is 0 Å². The van der Waals surface area contributed by atoms with Gasteiger partial charge in [-0.15, -0.1) is 0 Å². The molecule has 0 N–H and O–H groups in total. The smallest absolute Gasteiger partial charge is 0.00993 e. The Morgan fingerprint density at radius 1 is 1.08 bits per heavy atom. The SMILES string of the molecule is C1=C2C=C3CCCC3C2CCC1. The fourth-order valence-corrected chi connectivity index (χ4v) is 3.27. The van der Waals surface area contributed by atoms with Crippen LogP contribution in [0.5, 0.6) is 0 Å². The van der Waals surface area contributed by atoms with Crippen molar-refractivity contribution >= 4 is 0 Å². The maximum Gasteiger partial charge on any atom is -0.00993 e. The van der Waals surface area contributed by atoms with Gasteiger partial charge in [-0.1, -0.05) is 17.7 Å². The van der Waals surface area contributed by atoms with E-state index in [-0.39, 0.29) is 0 Å². The van der Waals surface area contributed by atoms with Gasteiger partial charge < -0.3 is 0 Å². The summed E-state index contributed by atoms with van der Waals surface area (Å²) < 4.78 is 0. The summed E-state index contributed by atoms with van der Waals surface area (Å²) in [6.07, 6.45) is 13.6. The summed E-state index contributed by atoms with van der Waals surface area (Å²) in [5.74, 6) is 1.94. The van der Waals surface area contributed by atoms with E-state index in [1.165, 1.54) is 38.5 Å². The molecule has 64 valence electrons. The van der Waals surface area contributed by atoms with E-state index < -0.39 is 0 Å². The first-order valence-electron chi connectivity index (χ1n) is 5.36. The fraction of sp³-hybridized carbons (Fsp3) is 0.667. The van der Waals surface area contributed by atoms with Crippen LogP contribution >= 0.6 is 0 Å². The minimum atomic E-state index is 0.955. The lowest BCUT2D eigenvalue weighted by molar-refractivity contribution is 0.413. The Balaban J connectivity index is 1.98. The summed E-state index contributed by atoms with van der Waals surface area (Å²) in [5.41, 5.74) is 3.48. The molecule has 2 atom stereocenters. The van der Waals surface area contributed by atoms with Gasteiger partial charge in [0.25, 0.3) is 0 Å². The van der Waals surface area contributed by atoms with Crippen molar-refractivity contribution in [3.05, 3.63) is 23.3 Å². The minimum absolute atomic E-state index is 0.955. The maximum atomic E-state index is 2.52. The number of hydrogen-bond acceptors (Lipinski definition) is 0. The van der Waals surface area contributed by atoms with Gasteiger partial charge in [0.2, 0.25) is 0 Å². The Kier molecular flexibility index (Phi) is 1.44. The molecule has 0 aromatic carbocycles. The molecule has 3 aliphatic carbocycles. The molecule has 0 nitrogen and oxygen atoms in total. The molecule has 1 fully saturated rings. The Morgan fingerprint density at radius 3 is 3.00 bits per heavy atom. The van der Waals surface area contributed by atoms with E-state index in [1.54, 1.807) is 11.1 Å². The molecule has 2 unspecified atom stereocenters. The average Bonchev–Trinajstić information content (AvgIpc) is 2.62. The molecule has 0 amide bonds. The fourth-order valence-electron chi connectivity index (χ4n) is 3.27.